The third-order valence-corrected chi connectivity index (χ3v) is 4.40. The van der Waals surface area contributed by atoms with Crippen molar-refractivity contribution in [1.82, 2.24) is 4.98 Å². The highest BCUT2D eigenvalue weighted by Gasteiger charge is 2.39. The van der Waals surface area contributed by atoms with E-state index in [-0.39, 0.29) is 5.97 Å². The molecule has 2 bridgehead atoms. The first kappa shape index (κ1) is 12.6. The predicted molar refractivity (Wildman–Crippen MR) is 73.5 cm³/mol. The number of fused-ring (bicyclic) bond motifs is 5. The smallest absolute Gasteiger partial charge is 0.339 e. The maximum atomic E-state index is 12.1. The number of carbonyl (C=O) groups excluding carboxylic acids is 1. The molecule has 0 amide bonds. The number of rotatable bonds is 4. The van der Waals surface area contributed by atoms with Crippen LogP contribution in [0.15, 0.2) is 6.07 Å². The molecule has 3 heteroatoms. The van der Waals surface area contributed by atoms with Crippen molar-refractivity contribution < 1.29 is 9.53 Å². The van der Waals surface area contributed by atoms with E-state index in [1.165, 1.54) is 30.5 Å². The van der Waals surface area contributed by atoms with Gasteiger partial charge in [-0.25, -0.2) is 4.79 Å². The molecular weight excluding hydrogens is 238 g/mol. The fourth-order valence-corrected chi connectivity index (χ4v) is 3.56. The first-order valence-corrected chi connectivity index (χ1v) is 7.45. The molecule has 1 saturated carbocycles. The highest BCUT2D eigenvalue weighted by molar-refractivity contribution is 5.91. The van der Waals surface area contributed by atoms with Crippen molar-refractivity contribution in [3.63, 3.8) is 0 Å². The molecule has 1 heterocycles. The summed E-state index contributed by atoms with van der Waals surface area (Å²) in [5, 5.41) is 0. The minimum Gasteiger partial charge on any atom is -0.462 e. The molecule has 3 rings (SSSR count). The maximum Gasteiger partial charge on any atom is 0.339 e. The molecule has 0 N–H and O–H groups in total. The van der Waals surface area contributed by atoms with Crippen LogP contribution in [0.4, 0.5) is 0 Å². The zero-order valence-corrected chi connectivity index (χ0v) is 11.7. The van der Waals surface area contributed by atoms with Crippen LogP contribution in [0.5, 0.6) is 0 Å². The van der Waals surface area contributed by atoms with E-state index in [9.17, 15) is 4.79 Å². The van der Waals surface area contributed by atoms with Gasteiger partial charge in [-0.05, 0) is 50.2 Å². The van der Waals surface area contributed by atoms with Crippen molar-refractivity contribution in [2.24, 2.45) is 0 Å². The Labute approximate surface area is 114 Å². The third kappa shape index (κ3) is 2.05. The van der Waals surface area contributed by atoms with E-state index in [4.69, 9.17) is 9.72 Å². The van der Waals surface area contributed by atoms with Crippen molar-refractivity contribution in [2.75, 3.05) is 6.61 Å². The Kier molecular flexibility index (Phi) is 3.29. The number of carbonyl (C=O) groups is 1. The van der Waals surface area contributed by atoms with Crippen molar-refractivity contribution >= 4 is 5.97 Å². The number of esters is 1. The van der Waals surface area contributed by atoms with Gasteiger partial charge in [0, 0.05) is 11.6 Å². The van der Waals surface area contributed by atoms with Crippen LogP contribution in [0, 0.1) is 0 Å². The third-order valence-electron chi connectivity index (χ3n) is 4.40. The van der Waals surface area contributed by atoms with Gasteiger partial charge in [0.05, 0.1) is 17.9 Å². The van der Waals surface area contributed by atoms with Crippen molar-refractivity contribution in [3.8, 4) is 0 Å². The number of aromatic nitrogens is 1. The first-order chi connectivity index (χ1) is 9.24. The molecule has 1 aromatic rings. The summed E-state index contributed by atoms with van der Waals surface area (Å²) in [6.45, 7) is 4.39. The van der Waals surface area contributed by atoms with E-state index in [1.807, 2.05) is 6.92 Å². The number of nitrogens with zero attached hydrogens (tertiary/aromatic N) is 1. The lowest BCUT2D eigenvalue weighted by Gasteiger charge is -2.17. The lowest BCUT2D eigenvalue weighted by molar-refractivity contribution is 0.0524. The molecule has 1 aromatic heterocycles. The van der Waals surface area contributed by atoms with Gasteiger partial charge in [0.2, 0.25) is 0 Å². The number of hydrogen-bond donors (Lipinski definition) is 0. The van der Waals surface area contributed by atoms with Crippen LogP contribution >= 0.6 is 0 Å². The number of hydrogen-bond acceptors (Lipinski definition) is 3. The van der Waals surface area contributed by atoms with Crippen LogP contribution in [-0.2, 0) is 11.2 Å². The fraction of sp³-hybridized carbons (Fsp3) is 0.625. The molecule has 1 fully saturated rings. The summed E-state index contributed by atoms with van der Waals surface area (Å²) in [7, 11) is 0. The van der Waals surface area contributed by atoms with E-state index < -0.39 is 0 Å². The number of pyridine rings is 1. The van der Waals surface area contributed by atoms with Crippen LogP contribution < -0.4 is 0 Å². The summed E-state index contributed by atoms with van der Waals surface area (Å²) in [5.41, 5.74) is 4.23. The standard InChI is InChI=1S/C16H21NO2/c1-3-5-14-13(16(18)19-4-2)9-12-10-6-7-11(8-10)15(12)17-14/h9-11H,3-8H2,1-2H3. The average Bonchev–Trinajstić information content (AvgIpc) is 3.00. The Bertz CT molecular complexity index is 510. The normalized spacial score (nSPS) is 23.5. The molecule has 2 aliphatic rings. The summed E-state index contributed by atoms with van der Waals surface area (Å²) < 4.78 is 5.18. The molecule has 102 valence electrons. The Morgan fingerprint density at radius 2 is 2.16 bits per heavy atom. The van der Waals surface area contributed by atoms with E-state index >= 15 is 0 Å². The molecule has 2 aliphatic carbocycles. The molecule has 2 unspecified atom stereocenters. The van der Waals surface area contributed by atoms with Crippen LogP contribution in [0.25, 0.3) is 0 Å². The second kappa shape index (κ2) is 4.95. The summed E-state index contributed by atoms with van der Waals surface area (Å²) in [4.78, 5) is 16.9. The van der Waals surface area contributed by atoms with E-state index in [1.54, 1.807) is 0 Å². The molecule has 0 aromatic carbocycles. The predicted octanol–water partition coefficient (Wildman–Crippen LogP) is 3.58. The summed E-state index contributed by atoms with van der Waals surface area (Å²) in [6.07, 6.45) is 5.63. The van der Waals surface area contributed by atoms with E-state index in [0.29, 0.717) is 24.0 Å². The molecule has 0 spiro atoms. The quantitative estimate of drug-likeness (QED) is 0.776. The van der Waals surface area contributed by atoms with Gasteiger partial charge in [0.15, 0.2) is 0 Å². The molecule has 0 saturated heterocycles. The van der Waals surface area contributed by atoms with Gasteiger partial charge >= 0.3 is 5.97 Å². The van der Waals surface area contributed by atoms with Gasteiger partial charge in [-0.3, -0.25) is 4.98 Å². The van der Waals surface area contributed by atoms with Gasteiger partial charge in [-0.15, -0.1) is 0 Å². The second-order valence-electron chi connectivity index (χ2n) is 5.63. The fourth-order valence-electron chi connectivity index (χ4n) is 3.56. The number of aryl methyl sites for hydroxylation is 1. The Balaban J connectivity index is 2.03. The van der Waals surface area contributed by atoms with E-state index in [0.717, 1.165) is 18.5 Å². The Hall–Kier alpha value is -1.38. The largest absolute Gasteiger partial charge is 0.462 e. The molecule has 0 aliphatic heterocycles. The van der Waals surface area contributed by atoms with Gasteiger partial charge in [0.1, 0.15) is 0 Å². The van der Waals surface area contributed by atoms with Crippen molar-refractivity contribution in [2.45, 2.75) is 57.8 Å². The van der Waals surface area contributed by atoms with Crippen LogP contribution in [0.3, 0.4) is 0 Å². The SMILES string of the molecule is CCCc1nc2c(cc1C(=O)OCC)C1CCC2C1. The van der Waals surface area contributed by atoms with Crippen molar-refractivity contribution in [3.05, 3.63) is 28.6 Å². The monoisotopic (exact) mass is 259 g/mol. The summed E-state index contributed by atoms with van der Waals surface area (Å²) in [5.74, 6) is 1.08. The minimum atomic E-state index is -0.205. The van der Waals surface area contributed by atoms with Crippen LogP contribution in [-0.4, -0.2) is 17.6 Å². The lowest BCUT2D eigenvalue weighted by atomic mass is 9.93. The number of ether oxygens (including phenoxy) is 1. The summed E-state index contributed by atoms with van der Waals surface area (Å²) in [6, 6.07) is 2.08. The molecule has 19 heavy (non-hydrogen) atoms. The molecule has 2 atom stereocenters. The zero-order valence-electron chi connectivity index (χ0n) is 11.7. The van der Waals surface area contributed by atoms with Gasteiger partial charge < -0.3 is 4.74 Å². The molecule has 0 radical (unpaired) electrons. The van der Waals surface area contributed by atoms with E-state index in [2.05, 4.69) is 13.0 Å². The molecule has 3 nitrogen and oxygen atoms in total. The zero-order chi connectivity index (χ0) is 13.4. The lowest BCUT2D eigenvalue weighted by Crippen LogP contribution is -2.13. The van der Waals surface area contributed by atoms with Crippen LogP contribution in [0.2, 0.25) is 0 Å². The highest BCUT2D eigenvalue weighted by atomic mass is 16.5. The summed E-state index contributed by atoms with van der Waals surface area (Å²) >= 11 is 0. The van der Waals surface area contributed by atoms with Gasteiger partial charge in [0.25, 0.3) is 0 Å². The Morgan fingerprint density at radius 1 is 1.37 bits per heavy atom. The first-order valence-electron chi connectivity index (χ1n) is 7.45. The van der Waals surface area contributed by atoms with Crippen molar-refractivity contribution in [1.29, 1.82) is 0 Å². The highest BCUT2D eigenvalue weighted by Crippen LogP contribution is 2.52. The van der Waals surface area contributed by atoms with Gasteiger partial charge in [-0.1, -0.05) is 13.3 Å². The van der Waals surface area contributed by atoms with Crippen LogP contribution in [0.1, 0.15) is 78.7 Å². The Morgan fingerprint density at radius 3 is 2.89 bits per heavy atom. The maximum absolute atomic E-state index is 12.1. The molecular formula is C16H21NO2. The average molecular weight is 259 g/mol. The topological polar surface area (TPSA) is 39.2 Å². The second-order valence-corrected chi connectivity index (χ2v) is 5.63. The minimum absolute atomic E-state index is 0.205. The van der Waals surface area contributed by atoms with Gasteiger partial charge in [-0.2, -0.15) is 0 Å².